The second-order valence-corrected chi connectivity index (χ2v) is 7.57. The van der Waals surface area contributed by atoms with E-state index >= 15 is 0 Å². The summed E-state index contributed by atoms with van der Waals surface area (Å²) in [5, 5.41) is 2.83. The van der Waals surface area contributed by atoms with Crippen molar-refractivity contribution in [3.63, 3.8) is 0 Å². The van der Waals surface area contributed by atoms with Gasteiger partial charge in [0.05, 0.1) is 6.54 Å². The van der Waals surface area contributed by atoms with Crippen LogP contribution in [0.4, 0.5) is 0 Å². The smallest absolute Gasteiger partial charge is 0.268 e. The van der Waals surface area contributed by atoms with E-state index < -0.39 is 0 Å². The topological polar surface area (TPSA) is 80.4 Å². The van der Waals surface area contributed by atoms with Gasteiger partial charge in [0.15, 0.2) is 17.3 Å². The maximum Gasteiger partial charge on any atom is 0.268 e. The molecule has 0 radical (unpaired) electrons. The fraction of sp³-hybridized carbons (Fsp3) is 0.429. The molecule has 144 valence electrons. The monoisotopic (exact) mass is 370 g/mol. The minimum atomic E-state index is -0.248. The van der Waals surface area contributed by atoms with Crippen LogP contribution in [0.15, 0.2) is 18.2 Å². The van der Waals surface area contributed by atoms with Crippen LogP contribution in [-0.2, 0) is 6.42 Å². The van der Waals surface area contributed by atoms with E-state index in [9.17, 15) is 9.59 Å². The summed E-state index contributed by atoms with van der Waals surface area (Å²) in [6.45, 7) is 9.84. The summed E-state index contributed by atoms with van der Waals surface area (Å²) in [5.41, 5.74) is 3.29. The van der Waals surface area contributed by atoms with Crippen molar-refractivity contribution in [2.24, 2.45) is 0 Å². The molecule has 2 heterocycles. The molecule has 6 heteroatoms. The average molecular weight is 370 g/mol. The van der Waals surface area contributed by atoms with Crippen molar-refractivity contribution in [3.05, 3.63) is 46.3 Å². The van der Waals surface area contributed by atoms with Crippen LogP contribution in [0.5, 0.6) is 11.5 Å². The highest BCUT2D eigenvalue weighted by Crippen LogP contribution is 2.41. The quantitative estimate of drug-likeness (QED) is 0.604. The lowest BCUT2D eigenvalue weighted by Gasteiger charge is -2.18. The van der Waals surface area contributed by atoms with Crippen molar-refractivity contribution in [1.29, 1.82) is 0 Å². The number of amides is 1. The van der Waals surface area contributed by atoms with Gasteiger partial charge in [-0.25, -0.2) is 0 Å². The minimum absolute atomic E-state index is 0.0514. The Hall–Kier alpha value is -2.76. The molecule has 0 saturated carbocycles. The van der Waals surface area contributed by atoms with Crippen molar-refractivity contribution in [2.45, 2.75) is 46.6 Å². The maximum absolute atomic E-state index is 12.4. The van der Waals surface area contributed by atoms with Gasteiger partial charge in [-0.2, -0.15) is 0 Å². The second kappa shape index (κ2) is 7.10. The van der Waals surface area contributed by atoms with Gasteiger partial charge in [-0.15, -0.1) is 0 Å². The first kappa shape index (κ1) is 19.0. The molecule has 3 rings (SSSR count). The third kappa shape index (κ3) is 3.84. The van der Waals surface area contributed by atoms with Crippen LogP contribution in [0.2, 0.25) is 0 Å². The van der Waals surface area contributed by atoms with Gasteiger partial charge in [-0.1, -0.05) is 12.1 Å². The third-order valence-electron chi connectivity index (χ3n) is 4.72. The Kier molecular flexibility index (Phi) is 5.00. The molecule has 1 aromatic carbocycles. The second-order valence-electron chi connectivity index (χ2n) is 7.57. The number of aryl methyl sites for hydroxylation is 1. The molecule has 0 bridgehead atoms. The first-order valence-electron chi connectivity index (χ1n) is 9.11. The van der Waals surface area contributed by atoms with Crippen LogP contribution in [-0.4, -0.2) is 35.4 Å². The molecular weight excluding hydrogens is 344 g/mol. The SMILES string of the molecule is CC(=O)c1c(C)[nH]c(C(=O)NCCOc2cccc3c2OC(C)(C)C3)c1C. The van der Waals surface area contributed by atoms with Crippen LogP contribution in [0, 0.1) is 13.8 Å². The Bertz CT molecular complexity index is 896. The lowest BCUT2D eigenvalue weighted by molar-refractivity contribution is 0.0941. The molecule has 0 fully saturated rings. The minimum Gasteiger partial charge on any atom is -0.488 e. The number of hydrogen-bond donors (Lipinski definition) is 2. The number of ether oxygens (including phenoxy) is 2. The molecule has 0 unspecified atom stereocenters. The summed E-state index contributed by atoms with van der Waals surface area (Å²) in [7, 11) is 0. The number of hydrogen-bond acceptors (Lipinski definition) is 4. The van der Waals surface area contributed by atoms with Gasteiger partial charge >= 0.3 is 0 Å². The maximum atomic E-state index is 12.4. The van der Waals surface area contributed by atoms with Gasteiger partial charge in [0, 0.05) is 23.2 Å². The van der Waals surface area contributed by atoms with E-state index in [0.29, 0.717) is 41.4 Å². The molecule has 27 heavy (non-hydrogen) atoms. The highest BCUT2D eigenvalue weighted by Gasteiger charge is 2.32. The molecule has 0 saturated heterocycles. The number of rotatable bonds is 6. The predicted octanol–water partition coefficient (Wildman–Crippen LogP) is 3.36. The molecular formula is C21H26N2O4. The molecule has 1 aromatic heterocycles. The standard InChI is InChI=1S/C21H26N2O4/c1-12-17(14(3)24)13(2)23-18(12)20(25)22-9-10-26-16-8-6-7-15-11-21(4,5)27-19(15)16/h6-8,23H,9-11H2,1-5H3,(H,22,25). The number of fused-ring (bicyclic) bond motifs is 1. The third-order valence-corrected chi connectivity index (χ3v) is 4.72. The summed E-state index contributed by atoms with van der Waals surface area (Å²) in [6.07, 6.45) is 0.847. The summed E-state index contributed by atoms with van der Waals surface area (Å²) in [5.74, 6) is 1.18. The van der Waals surface area contributed by atoms with Gasteiger partial charge in [0.2, 0.25) is 0 Å². The van der Waals surface area contributed by atoms with Crippen LogP contribution < -0.4 is 14.8 Å². The number of H-pyrrole nitrogens is 1. The van der Waals surface area contributed by atoms with E-state index in [1.807, 2.05) is 32.0 Å². The molecule has 2 aromatic rings. The Labute approximate surface area is 159 Å². The average Bonchev–Trinajstić information content (AvgIpc) is 3.06. The predicted molar refractivity (Wildman–Crippen MR) is 103 cm³/mol. The summed E-state index contributed by atoms with van der Waals surface area (Å²) >= 11 is 0. The zero-order valence-corrected chi connectivity index (χ0v) is 16.5. The Morgan fingerprint density at radius 1 is 1.30 bits per heavy atom. The number of nitrogens with one attached hydrogen (secondary N) is 2. The van der Waals surface area contributed by atoms with Crippen molar-refractivity contribution in [2.75, 3.05) is 13.2 Å². The zero-order valence-electron chi connectivity index (χ0n) is 16.5. The molecule has 0 atom stereocenters. The largest absolute Gasteiger partial charge is 0.488 e. The number of para-hydroxylation sites is 1. The van der Waals surface area contributed by atoms with E-state index in [0.717, 1.165) is 17.7 Å². The molecule has 0 aliphatic carbocycles. The van der Waals surface area contributed by atoms with Crippen molar-refractivity contribution in [3.8, 4) is 11.5 Å². The van der Waals surface area contributed by atoms with Crippen LogP contribution in [0.1, 0.15) is 58.4 Å². The number of carbonyl (C=O) groups excluding carboxylic acids is 2. The lowest BCUT2D eigenvalue weighted by Crippen LogP contribution is -2.29. The van der Waals surface area contributed by atoms with Crippen LogP contribution >= 0.6 is 0 Å². The molecule has 0 spiro atoms. The number of benzene rings is 1. The molecule has 2 N–H and O–H groups in total. The van der Waals surface area contributed by atoms with Crippen molar-refractivity contribution in [1.82, 2.24) is 10.3 Å². The van der Waals surface area contributed by atoms with Crippen LogP contribution in [0.3, 0.4) is 0 Å². The lowest BCUT2D eigenvalue weighted by atomic mass is 10.0. The highest BCUT2D eigenvalue weighted by molar-refractivity contribution is 6.02. The normalized spacial score (nSPS) is 14.4. The van der Waals surface area contributed by atoms with Gasteiger partial charge in [-0.3, -0.25) is 9.59 Å². The number of carbonyl (C=O) groups is 2. The van der Waals surface area contributed by atoms with Gasteiger partial charge in [0.1, 0.15) is 17.9 Å². The number of ketones is 1. The van der Waals surface area contributed by atoms with E-state index in [-0.39, 0.29) is 17.3 Å². The number of aromatic nitrogens is 1. The van der Waals surface area contributed by atoms with E-state index in [1.54, 1.807) is 13.8 Å². The Morgan fingerprint density at radius 2 is 2.04 bits per heavy atom. The molecule has 1 aliphatic heterocycles. The summed E-state index contributed by atoms with van der Waals surface area (Å²) < 4.78 is 11.8. The fourth-order valence-corrected chi connectivity index (χ4v) is 3.62. The van der Waals surface area contributed by atoms with Crippen LogP contribution in [0.25, 0.3) is 0 Å². The molecule has 1 aliphatic rings. The number of aromatic amines is 1. The molecule has 1 amide bonds. The highest BCUT2D eigenvalue weighted by atomic mass is 16.5. The van der Waals surface area contributed by atoms with Gasteiger partial charge in [0.25, 0.3) is 5.91 Å². The van der Waals surface area contributed by atoms with E-state index in [2.05, 4.69) is 10.3 Å². The molecule has 6 nitrogen and oxygen atoms in total. The Balaban J connectivity index is 1.58. The summed E-state index contributed by atoms with van der Waals surface area (Å²) in [4.78, 5) is 27.1. The summed E-state index contributed by atoms with van der Waals surface area (Å²) in [6, 6.07) is 5.87. The first-order chi connectivity index (χ1) is 12.7. The number of Topliss-reactive ketones (excluding diaryl/α,β-unsaturated/α-hetero) is 1. The van der Waals surface area contributed by atoms with Gasteiger partial charge in [-0.05, 0) is 46.2 Å². The van der Waals surface area contributed by atoms with Crippen molar-refractivity contribution < 1.29 is 19.1 Å². The fourth-order valence-electron chi connectivity index (χ4n) is 3.62. The van der Waals surface area contributed by atoms with E-state index in [1.165, 1.54) is 6.92 Å². The Morgan fingerprint density at radius 3 is 2.70 bits per heavy atom. The zero-order chi connectivity index (χ0) is 19.8. The van der Waals surface area contributed by atoms with Gasteiger partial charge < -0.3 is 19.8 Å². The van der Waals surface area contributed by atoms with Crippen molar-refractivity contribution >= 4 is 11.7 Å². The van der Waals surface area contributed by atoms with E-state index in [4.69, 9.17) is 9.47 Å². The first-order valence-corrected chi connectivity index (χ1v) is 9.11.